The molecule has 0 aromatic heterocycles. The summed E-state index contributed by atoms with van der Waals surface area (Å²) >= 11 is 0. The highest BCUT2D eigenvalue weighted by atomic mass is 16.7. The average Bonchev–Trinajstić information content (AvgIpc) is 1.60. The van der Waals surface area contributed by atoms with Gasteiger partial charge in [-0.05, 0) is 287 Å². The van der Waals surface area contributed by atoms with Crippen LogP contribution in [0.15, 0.2) is 0 Å². The molecule has 0 heterocycles. The Kier molecular flexibility index (Phi) is 26.0. The summed E-state index contributed by atoms with van der Waals surface area (Å²) in [4.78, 5) is 60.7. The van der Waals surface area contributed by atoms with Gasteiger partial charge in [0.2, 0.25) is 0 Å². The number of aliphatic hydroxyl groups is 2. The molecule has 12 bridgehead atoms. The number of carbonyl (C=O) groups excluding carboxylic acids is 5. The van der Waals surface area contributed by atoms with Crippen LogP contribution in [0.2, 0.25) is 0 Å². The molecule has 0 aromatic carbocycles. The molecule has 15 heteroatoms. The van der Waals surface area contributed by atoms with Gasteiger partial charge in [0.05, 0.1) is 37.1 Å². The molecule has 99 heavy (non-hydrogen) atoms. The molecule has 16 fully saturated rings. The van der Waals surface area contributed by atoms with Crippen LogP contribution in [0.1, 0.15) is 242 Å². The molecule has 15 nitrogen and oxygen atoms in total. The third kappa shape index (κ3) is 15.4. The predicted molar refractivity (Wildman–Crippen MR) is 378 cm³/mol. The minimum atomic E-state index is -0.569. The fourth-order valence-electron chi connectivity index (χ4n) is 29.1. The van der Waals surface area contributed by atoms with Crippen LogP contribution in [-0.4, -0.2) is 107 Å². The number of hydrogen-bond donors (Lipinski definition) is 2. The van der Waals surface area contributed by atoms with E-state index in [1.54, 1.807) is 7.11 Å². The Morgan fingerprint density at radius 2 is 0.838 bits per heavy atom. The highest BCUT2D eigenvalue weighted by molar-refractivity contribution is 5.86. The number of fused-ring (bicyclic) bond motifs is 20. The van der Waals surface area contributed by atoms with Crippen molar-refractivity contribution in [2.24, 2.45) is 189 Å². The molecule has 0 aromatic rings. The van der Waals surface area contributed by atoms with Gasteiger partial charge in [-0.3, -0.25) is 24.0 Å². The predicted octanol–water partition coefficient (Wildman–Crippen LogP) is 16.0. The Morgan fingerprint density at radius 1 is 0.404 bits per heavy atom. The first-order valence-corrected chi connectivity index (χ1v) is 41.6. The van der Waals surface area contributed by atoms with Crippen molar-refractivity contribution in [2.75, 3.05) is 48.5 Å². The van der Waals surface area contributed by atoms with E-state index < -0.39 is 12.2 Å². The molecule has 35 unspecified atom stereocenters. The number of esters is 4. The van der Waals surface area contributed by atoms with Crippen molar-refractivity contribution < 1.29 is 72.1 Å². The summed E-state index contributed by atoms with van der Waals surface area (Å²) in [5, 5.41) is 20.9. The molecule has 0 radical (unpaired) electrons. The summed E-state index contributed by atoms with van der Waals surface area (Å²) in [6.07, 6.45) is 32.0. The van der Waals surface area contributed by atoms with Crippen molar-refractivity contribution in [1.29, 1.82) is 0 Å². The van der Waals surface area contributed by atoms with E-state index in [1.807, 2.05) is 0 Å². The maximum atomic E-state index is 13.0. The molecule has 562 valence electrons. The van der Waals surface area contributed by atoms with E-state index in [9.17, 15) is 34.2 Å². The number of hydrogen-bond acceptors (Lipinski definition) is 15. The fraction of sp³-hybridized carbons (Fsp3) is 0.940. The van der Waals surface area contributed by atoms with Crippen molar-refractivity contribution in [2.45, 2.75) is 260 Å². The number of ketones is 1. The van der Waals surface area contributed by atoms with Crippen LogP contribution in [0.3, 0.4) is 0 Å². The Morgan fingerprint density at radius 3 is 1.36 bits per heavy atom. The zero-order valence-corrected chi connectivity index (χ0v) is 63.2. The van der Waals surface area contributed by atoms with Crippen LogP contribution in [-0.2, 0) is 61.9 Å². The average molecular weight is 1390 g/mol. The summed E-state index contributed by atoms with van der Waals surface area (Å²) in [7, 11) is 4.54. The number of ether oxygens (including phenoxy) is 8. The first-order chi connectivity index (χ1) is 48.0. The van der Waals surface area contributed by atoms with Gasteiger partial charge in [0.15, 0.2) is 27.2 Å². The molecular weight excluding hydrogens is 1250 g/mol. The summed E-state index contributed by atoms with van der Waals surface area (Å²) in [5.74, 6) is 23.4. The Hall–Kier alpha value is -2.69. The zero-order chi connectivity index (χ0) is 70.1. The van der Waals surface area contributed by atoms with Gasteiger partial charge in [0.1, 0.15) is 5.78 Å². The standard InChI is InChI=1S/C26H38O4.C20H34O4.C19H32O4.C19H32O3/c1-3-14-8-15(4-2)23-19-10-16(22(14)23)11-20(19)26(28)30-12-29-25-18-6-13-5-17(9-18)24(27)21(25)7-13;1-4-12-6-13(5-2)20-17-9-15(19(12)20)7-14(17)8-16(21)10-18(22)24-11-23-3;1-4-11-6-12(5-2)19-15-8-13(18(11)19)7-14(15)16(20)9-17(21)23-10-22-3;1-4-12-8-13(5-2)19-16-10-15(18(12)19)9-14(16)6-7-17(20)22-11-21-3/h13-23,25H,3-12H2,1-2H3;12-17,19-21H,4-11H2,1-3H3;11-16,18-20H,4-10H2,1-3H3;12-16,18-19H,4-11H2,1-3H3. The van der Waals surface area contributed by atoms with Crippen LogP contribution >= 0.6 is 0 Å². The fourth-order valence-corrected chi connectivity index (χ4v) is 29.1. The number of rotatable bonds is 28. The molecule has 16 saturated carbocycles. The Bertz CT molecular complexity index is 2670. The van der Waals surface area contributed by atoms with Gasteiger partial charge in [0, 0.05) is 39.6 Å². The second kappa shape index (κ2) is 33.8. The van der Waals surface area contributed by atoms with Gasteiger partial charge in [-0.15, -0.1) is 0 Å². The molecule has 16 aliphatic rings. The smallest absolute Gasteiger partial charge is 0.311 e. The minimum absolute atomic E-state index is 0.00729. The van der Waals surface area contributed by atoms with E-state index in [0.29, 0.717) is 47.7 Å². The highest BCUT2D eigenvalue weighted by Crippen LogP contribution is 2.70. The summed E-state index contributed by atoms with van der Waals surface area (Å²) in [6.45, 7) is 18.9. The molecule has 0 amide bonds. The van der Waals surface area contributed by atoms with Gasteiger partial charge < -0.3 is 48.1 Å². The van der Waals surface area contributed by atoms with E-state index in [2.05, 4.69) is 55.4 Å². The van der Waals surface area contributed by atoms with E-state index in [0.717, 1.165) is 187 Å². The van der Waals surface area contributed by atoms with Crippen molar-refractivity contribution >= 4 is 29.7 Å². The molecule has 0 aliphatic heterocycles. The molecule has 35 atom stereocenters. The quantitative estimate of drug-likeness (QED) is 0.0425. The number of carbonyl (C=O) groups is 5. The lowest BCUT2D eigenvalue weighted by Crippen LogP contribution is -2.55. The maximum Gasteiger partial charge on any atom is 0.311 e. The monoisotopic (exact) mass is 1380 g/mol. The van der Waals surface area contributed by atoms with Crippen molar-refractivity contribution in [1.82, 2.24) is 0 Å². The molecular formula is C84H136O15. The number of methoxy groups -OCH3 is 3. The summed E-state index contributed by atoms with van der Waals surface area (Å²) in [5.41, 5.74) is 0. The van der Waals surface area contributed by atoms with Crippen LogP contribution in [0.4, 0.5) is 0 Å². The Labute approximate surface area is 596 Å². The van der Waals surface area contributed by atoms with Gasteiger partial charge in [0.25, 0.3) is 0 Å². The molecule has 16 rings (SSSR count). The molecule has 0 saturated heterocycles. The Balaban J connectivity index is 0.000000126. The number of aliphatic hydroxyl groups excluding tert-OH is 2. The van der Waals surface area contributed by atoms with E-state index >= 15 is 0 Å². The van der Waals surface area contributed by atoms with Crippen molar-refractivity contribution in [3.05, 3.63) is 0 Å². The largest absolute Gasteiger partial charge is 0.438 e. The molecule has 16 aliphatic carbocycles. The summed E-state index contributed by atoms with van der Waals surface area (Å²) < 4.78 is 41.0. The van der Waals surface area contributed by atoms with E-state index in [1.165, 1.54) is 136 Å². The first kappa shape index (κ1) is 76.0. The van der Waals surface area contributed by atoms with Crippen LogP contribution < -0.4 is 0 Å². The third-order valence-corrected chi connectivity index (χ3v) is 32.2. The van der Waals surface area contributed by atoms with Gasteiger partial charge in [-0.1, -0.05) is 107 Å². The first-order valence-electron chi connectivity index (χ1n) is 41.6. The van der Waals surface area contributed by atoms with Crippen LogP contribution in [0.25, 0.3) is 0 Å². The van der Waals surface area contributed by atoms with Gasteiger partial charge >= 0.3 is 23.9 Å². The lowest BCUT2D eigenvalue weighted by molar-refractivity contribution is -0.192. The number of Topliss-reactive ketones (excluding diaryl/α,β-unsaturated/α-hetero) is 1. The molecule has 0 spiro atoms. The normalized spacial score (nSPS) is 45.4. The third-order valence-electron chi connectivity index (χ3n) is 32.2. The zero-order valence-electron chi connectivity index (χ0n) is 63.2. The second-order valence-corrected chi connectivity index (χ2v) is 35.9. The van der Waals surface area contributed by atoms with E-state index in [4.69, 9.17) is 37.9 Å². The SMILES string of the molecule is CCC1CC(CC)C2C3CC(CC3C(=O)OCOC3C4CC5CC(C4)C(=O)C3C5)C12.CCC1CC(CC)C2C3CC(CC3C(O)CC(=O)OCOC)C12.CCC1CC(CC)C2C3CC(CC3CC(O)CC(=O)OCOC)C12.CCC1CC(CC)C2C3CC(CC3CCC(=O)OCOC)C12. The van der Waals surface area contributed by atoms with Crippen LogP contribution in [0.5, 0.6) is 0 Å². The topological polar surface area (TPSA) is 200 Å². The van der Waals surface area contributed by atoms with Crippen molar-refractivity contribution in [3.63, 3.8) is 0 Å². The second-order valence-electron chi connectivity index (χ2n) is 35.9. The van der Waals surface area contributed by atoms with Gasteiger partial charge in [-0.25, -0.2) is 0 Å². The van der Waals surface area contributed by atoms with Gasteiger partial charge in [-0.2, -0.15) is 0 Å². The van der Waals surface area contributed by atoms with E-state index in [-0.39, 0.29) is 81.8 Å². The lowest BCUT2D eigenvalue weighted by Gasteiger charge is -2.52. The lowest BCUT2D eigenvalue weighted by atomic mass is 9.54. The maximum absolute atomic E-state index is 13.0. The van der Waals surface area contributed by atoms with Crippen LogP contribution in [0, 0.1) is 189 Å². The minimum Gasteiger partial charge on any atom is -0.438 e. The summed E-state index contributed by atoms with van der Waals surface area (Å²) in [6, 6.07) is 0. The van der Waals surface area contributed by atoms with Crippen molar-refractivity contribution in [3.8, 4) is 0 Å². The molecule has 2 N–H and O–H groups in total. The highest BCUT2D eigenvalue weighted by Gasteiger charge is 2.65.